The van der Waals surface area contributed by atoms with Crippen LogP contribution in [0.1, 0.15) is 81.8 Å². The van der Waals surface area contributed by atoms with Crippen LogP contribution in [0.15, 0.2) is 61.2 Å². The van der Waals surface area contributed by atoms with Crippen molar-refractivity contribution in [3.63, 3.8) is 0 Å². The Hall–Kier alpha value is -2.81. The summed E-state index contributed by atoms with van der Waals surface area (Å²) in [6.07, 6.45) is 15.0. The number of piperidine rings is 1. The van der Waals surface area contributed by atoms with Crippen molar-refractivity contribution >= 4 is 17.5 Å². The van der Waals surface area contributed by atoms with E-state index in [9.17, 15) is 14.3 Å². The molecule has 9 heteroatoms. The topological polar surface area (TPSA) is 83.3 Å². The summed E-state index contributed by atoms with van der Waals surface area (Å²) in [6, 6.07) is 13.7. The van der Waals surface area contributed by atoms with Crippen LogP contribution in [0.4, 0.5) is 4.39 Å². The molecule has 2 N–H and O–H groups in total. The van der Waals surface area contributed by atoms with Gasteiger partial charge in [-0.15, -0.1) is 0 Å². The molecular weight excluding hydrogens is 577 g/mol. The number of rotatable bonds is 9. The van der Waals surface area contributed by atoms with Crippen LogP contribution < -0.4 is 5.32 Å². The number of carbonyl (C=O) groups excluding carboxylic acids is 1. The van der Waals surface area contributed by atoms with E-state index in [4.69, 9.17) is 11.6 Å². The van der Waals surface area contributed by atoms with E-state index in [-0.39, 0.29) is 29.2 Å². The van der Waals surface area contributed by atoms with Crippen molar-refractivity contribution in [3.05, 3.63) is 83.2 Å². The van der Waals surface area contributed by atoms with Crippen LogP contribution in [-0.4, -0.2) is 55.9 Å². The Morgan fingerprint density at radius 3 is 2.30 bits per heavy atom. The minimum absolute atomic E-state index is 0.107. The summed E-state index contributed by atoms with van der Waals surface area (Å²) in [4.78, 5) is 20.5. The lowest BCUT2D eigenvalue weighted by Gasteiger charge is -2.48. The smallest absolute Gasteiger partial charge is 0.240 e. The fourth-order valence-corrected chi connectivity index (χ4v) is 8.24. The van der Waals surface area contributed by atoms with Gasteiger partial charge in [-0.25, -0.2) is 9.37 Å². The normalized spacial score (nSPS) is 25.1. The van der Waals surface area contributed by atoms with Crippen molar-refractivity contribution in [3.8, 4) is 0 Å². The number of hydrogen-bond donors (Lipinski definition) is 2. The standard InChI is InChI=1S/C35H45ClFN5O2/c36-29-10-6-26(7-11-29)22-32(40-31-14-16-35(44,17-15-31)28-8-12-30(37)13-9-28)33(43)41-20-18-34(19-21-41,23-42-25-38-24-39-42)27-4-2-1-3-5-27/h6-13,24-25,27,31-32,40,44H,1-5,14-23H2/t31-,32-,35-/m1/s1. The summed E-state index contributed by atoms with van der Waals surface area (Å²) in [5, 5.41) is 20.2. The molecule has 236 valence electrons. The minimum atomic E-state index is -0.971. The quantitative estimate of drug-likeness (QED) is 0.293. The number of likely N-dealkylation sites (tertiary alicyclic amines) is 1. The molecule has 2 heterocycles. The van der Waals surface area contributed by atoms with Gasteiger partial charge >= 0.3 is 0 Å². The summed E-state index contributed by atoms with van der Waals surface area (Å²) in [7, 11) is 0. The summed E-state index contributed by atoms with van der Waals surface area (Å²) in [5.41, 5.74) is 0.990. The van der Waals surface area contributed by atoms with Crippen LogP contribution in [0.5, 0.6) is 0 Å². The van der Waals surface area contributed by atoms with Gasteiger partial charge < -0.3 is 15.3 Å². The van der Waals surface area contributed by atoms with E-state index in [1.165, 1.54) is 44.2 Å². The molecule has 0 bridgehead atoms. The summed E-state index contributed by atoms with van der Waals surface area (Å²) >= 11 is 6.17. The number of nitrogens with one attached hydrogen (secondary N) is 1. The number of amides is 1. The van der Waals surface area contributed by atoms with Gasteiger partial charge in [0.25, 0.3) is 0 Å². The molecule has 7 nitrogen and oxygen atoms in total. The Bertz CT molecular complexity index is 1340. The lowest BCUT2D eigenvalue weighted by molar-refractivity contribution is -0.137. The van der Waals surface area contributed by atoms with Crippen molar-refractivity contribution in [1.29, 1.82) is 0 Å². The first-order valence-corrected chi connectivity index (χ1v) is 16.8. The van der Waals surface area contributed by atoms with Crippen LogP contribution >= 0.6 is 11.6 Å². The van der Waals surface area contributed by atoms with Crippen LogP contribution in [0.2, 0.25) is 5.02 Å². The number of aromatic nitrogens is 3. The Morgan fingerprint density at radius 1 is 0.977 bits per heavy atom. The van der Waals surface area contributed by atoms with Crippen LogP contribution in [-0.2, 0) is 23.4 Å². The second-order valence-corrected chi connectivity index (χ2v) is 13.9. The van der Waals surface area contributed by atoms with Crippen molar-refractivity contribution in [2.45, 2.75) is 101 Å². The fourth-order valence-electron chi connectivity index (χ4n) is 8.11. The predicted octanol–water partition coefficient (Wildman–Crippen LogP) is 6.29. The Labute approximate surface area is 265 Å². The van der Waals surface area contributed by atoms with Gasteiger partial charge in [-0.2, -0.15) is 5.10 Å². The van der Waals surface area contributed by atoms with Crippen LogP contribution in [0, 0.1) is 17.2 Å². The molecule has 0 unspecified atom stereocenters. The maximum absolute atomic E-state index is 14.3. The van der Waals surface area contributed by atoms with Crippen molar-refractivity contribution in [2.75, 3.05) is 13.1 Å². The van der Waals surface area contributed by atoms with Gasteiger partial charge in [-0.3, -0.25) is 9.48 Å². The highest BCUT2D eigenvalue weighted by molar-refractivity contribution is 6.30. The Balaban J connectivity index is 1.14. The Kier molecular flexibility index (Phi) is 9.69. The molecule has 1 aliphatic heterocycles. The molecule has 2 saturated carbocycles. The molecule has 1 saturated heterocycles. The SMILES string of the molecule is O=C([C@@H](Cc1ccc(Cl)cc1)N[C@H]1CC[C@@](O)(c2ccc(F)cc2)CC1)N1CCC(Cn2cncn2)(C2CCCCC2)CC1. The lowest BCUT2D eigenvalue weighted by Crippen LogP contribution is -2.56. The van der Waals surface area contributed by atoms with Crippen LogP contribution in [0.25, 0.3) is 0 Å². The van der Waals surface area contributed by atoms with E-state index >= 15 is 0 Å². The van der Waals surface area contributed by atoms with E-state index < -0.39 is 5.60 Å². The summed E-state index contributed by atoms with van der Waals surface area (Å²) < 4.78 is 15.5. The van der Waals surface area contributed by atoms with Crippen molar-refractivity contribution in [1.82, 2.24) is 25.0 Å². The van der Waals surface area contributed by atoms with Crippen molar-refractivity contribution < 1.29 is 14.3 Å². The number of aliphatic hydroxyl groups is 1. The maximum Gasteiger partial charge on any atom is 0.240 e. The molecule has 44 heavy (non-hydrogen) atoms. The molecule has 6 rings (SSSR count). The number of hydrogen-bond acceptors (Lipinski definition) is 5. The number of benzene rings is 2. The molecule has 3 fully saturated rings. The molecule has 2 aliphatic carbocycles. The highest BCUT2D eigenvalue weighted by atomic mass is 35.5. The van der Waals surface area contributed by atoms with Gasteiger partial charge in [0.15, 0.2) is 0 Å². The molecule has 1 aromatic heterocycles. The lowest BCUT2D eigenvalue weighted by atomic mass is 9.63. The maximum atomic E-state index is 14.3. The van der Waals surface area contributed by atoms with Gasteiger partial charge in [0, 0.05) is 30.7 Å². The third-order valence-electron chi connectivity index (χ3n) is 10.8. The molecule has 2 aromatic carbocycles. The second-order valence-electron chi connectivity index (χ2n) is 13.5. The Morgan fingerprint density at radius 2 is 1.66 bits per heavy atom. The third-order valence-corrected chi connectivity index (χ3v) is 11.0. The van der Waals surface area contributed by atoms with Gasteiger partial charge in [-0.1, -0.05) is 55.1 Å². The van der Waals surface area contributed by atoms with E-state index in [1.807, 2.05) is 35.3 Å². The molecule has 1 amide bonds. The third kappa shape index (κ3) is 7.19. The highest BCUT2D eigenvalue weighted by Gasteiger charge is 2.44. The zero-order chi connectivity index (χ0) is 30.6. The van der Waals surface area contributed by atoms with Crippen molar-refractivity contribution in [2.24, 2.45) is 11.3 Å². The van der Waals surface area contributed by atoms with Crippen LogP contribution in [0.3, 0.4) is 0 Å². The van der Waals surface area contributed by atoms with E-state index in [0.717, 1.165) is 56.4 Å². The van der Waals surface area contributed by atoms with Gasteiger partial charge in [0.05, 0.1) is 11.6 Å². The molecule has 3 aromatic rings. The van der Waals surface area contributed by atoms with E-state index in [0.29, 0.717) is 30.2 Å². The molecule has 0 radical (unpaired) electrons. The fraction of sp³-hybridized carbons (Fsp3) is 0.571. The monoisotopic (exact) mass is 621 g/mol. The number of nitrogens with zero attached hydrogens (tertiary/aromatic N) is 4. The molecular formula is C35H45ClFN5O2. The van der Waals surface area contributed by atoms with E-state index in [2.05, 4.69) is 20.3 Å². The predicted molar refractivity (Wildman–Crippen MR) is 169 cm³/mol. The van der Waals surface area contributed by atoms with Gasteiger partial charge in [0.2, 0.25) is 5.91 Å². The largest absolute Gasteiger partial charge is 0.385 e. The van der Waals surface area contributed by atoms with E-state index in [1.54, 1.807) is 18.5 Å². The number of carbonyl (C=O) groups is 1. The minimum Gasteiger partial charge on any atom is -0.385 e. The summed E-state index contributed by atoms with van der Waals surface area (Å²) in [5.74, 6) is 0.503. The molecule has 3 aliphatic rings. The zero-order valence-electron chi connectivity index (χ0n) is 25.5. The first-order chi connectivity index (χ1) is 21.3. The van der Waals surface area contributed by atoms with Gasteiger partial charge in [-0.05, 0) is 105 Å². The second kappa shape index (κ2) is 13.7. The number of halogens is 2. The summed E-state index contributed by atoms with van der Waals surface area (Å²) in [6.45, 7) is 2.36. The average molecular weight is 622 g/mol. The molecule has 1 atom stereocenters. The highest BCUT2D eigenvalue weighted by Crippen LogP contribution is 2.47. The average Bonchev–Trinajstić information content (AvgIpc) is 3.56. The van der Waals surface area contributed by atoms with Gasteiger partial charge in [0.1, 0.15) is 18.5 Å². The molecule has 0 spiro atoms. The first kappa shape index (κ1) is 31.2. The first-order valence-electron chi connectivity index (χ1n) is 16.4. The zero-order valence-corrected chi connectivity index (χ0v) is 26.3.